The zero-order valence-corrected chi connectivity index (χ0v) is 23.5. The normalized spacial score (nSPS) is 19.5. The second kappa shape index (κ2) is 17.1. The van der Waals surface area contributed by atoms with Crippen LogP contribution in [0.5, 0.6) is 0 Å². The van der Waals surface area contributed by atoms with Crippen molar-refractivity contribution in [3.63, 3.8) is 0 Å². The molecule has 0 radical (unpaired) electrons. The van der Waals surface area contributed by atoms with Crippen LogP contribution in [0.15, 0.2) is 59.2 Å². The van der Waals surface area contributed by atoms with Gasteiger partial charge in [-0.25, -0.2) is 10.3 Å². The minimum absolute atomic E-state index is 0.0815. The van der Waals surface area contributed by atoms with E-state index in [1.807, 2.05) is 30.3 Å². The van der Waals surface area contributed by atoms with Gasteiger partial charge in [-0.15, -0.1) is 0 Å². The minimum atomic E-state index is -0.671. The van der Waals surface area contributed by atoms with Gasteiger partial charge in [0, 0.05) is 36.9 Å². The molecule has 2 amide bonds. The Hall–Kier alpha value is -3.86. The van der Waals surface area contributed by atoms with Gasteiger partial charge < -0.3 is 14.8 Å². The molecule has 1 aromatic rings. The van der Waals surface area contributed by atoms with Crippen LogP contribution in [0.1, 0.15) is 50.5 Å². The van der Waals surface area contributed by atoms with E-state index in [0.717, 1.165) is 24.0 Å². The average molecular weight is 569 g/mol. The number of nitrogens with zero attached hydrogens (tertiary/aromatic N) is 4. The second-order valence-electron chi connectivity index (χ2n) is 10.2. The van der Waals surface area contributed by atoms with Gasteiger partial charge in [-0.3, -0.25) is 19.7 Å². The number of hydrogen-bond acceptors (Lipinski definition) is 8. The number of hydrogen-bond donors (Lipinski definition) is 3. The molecule has 3 rings (SSSR count). The van der Waals surface area contributed by atoms with Crippen LogP contribution in [-0.2, 0) is 25.5 Å². The maximum absolute atomic E-state index is 13.2. The molecular formula is C29H40N6O6. The Morgan fingerprint density at radius 1 is 1.20 bits per heavy atom. The standard InChI is InChI=1S/C29H40N6O6/c1-40-28(37)24(19-21-11-5-2-6-12-21)35-20-22-13-7-3-8-14-23(22)27(35)25(16-18-32-34-30)41-29(38)31-17-10-4-9-15-26(36)33-39/h2,5-6,8,11-14,23-25,27,39H,3-4,7,9-10,15-20H2,1H3,(H,31,38)(H,33,36)/t23-,24+,25+,27-/m1/s1. The number of carbonyl (C=O) groups excluding carboxylic acids is 3. The molecule has 12 heteroatoms. The number of alkyl carbamates (subject to hydrolysis) is 1. The fraction of sp³-hybridized carbons (Fsp3) is 0.552. The van der Waals surface area contributed by atoms with E-state index < -0.39 is 24.1 Å². The van der Waals surface area contributed by atoms with Crippen molar-refractivity contribution >= 4 is 18.0 Å². The molecule has 1 fully saturated rings. The molecule has 0 bridgehead atoms. The summed E-state index contributed by atoms with van der Waals surface area (Å²) >= 11 is 0. The first-order valence-corrected chi connectivity index (χ1v) is 14.1. The third-order valence-electron chi connectivity index (χ3n) is 7.46. The van der Waals surface area contributed by atoms with Gasteiger partial charge in [0.1, 0.15) is 12.1 Å². The highest BCUT2D eigenvalue weighted by molar-refractivity contribution is 5.76. The maximum atomic E-state index is 13.2. The average Bonchev–Trinajstić information content (AvgIpc) is 3.18. The number of rotatable bonds is 15. The minimum Gasteiger partial charge on any atom is -0.468 e. The van der Waals surface area contributed by atoms with Crippen molar-refractivity contribution in [2.75, 3.05) is 26.7 Å². The molecule has 1 aliphatic carbocycles. The first-order valence-electron chi connectivity index (χ1n) is 14.1. The molecule has 4 atom stereocenters. The molecule has 1 saturated heterocycles. The summed E-state index contributed by atoms with van der Waals surface area (Å²) in [6, 6.07) is 8.73. The van der Waals surface area contributed by atoms with E-state index in [9.17, 15) is 14.4 Å². The molecule has 2 aliphatic rings. The number of methoxy groups -OCH3 is 1. The van der Waals surface area contributed by atoms with Crippen LogP contribution in [0.25, 0.3) is 10.4 Å². The summed E-state index contributed by atoms with van der Waals surface area (Å²) < 4.78 is 11.2. The number of unbranched alkanes of at least 4 members (excludes halogenated alkanes) is 2. The lowest BCUT2D eigenvalue weighted by atomic mass is 9.89. The van der Waals surface area contributed by atoms with Crippen LogP contribution in [0.4, 0.5) is 4.79 Å². The summed E-state index contributed by atoms with van der Waals surface area (Å²) in [6.07, 6.45) is 9.78. The molecule has 41 heavy (non-hydrogen) atoms. The number of allylic oxidation sites excluding steroid dienone is 2. The number of likely N-dealkylation sites (tertiary alicyclic amines) is 1. The van der Waals surface area contributed by atoms with Gasteiger partial charge in [-0.2, -0.15) is 0 Å². The topological polar surface area (TPSA) is 166 Å². The number of azide groups is 1. The number of esters is 1. The Bertz CT molecular complexity index is 1120. The Kier molecular flexibility index (Phi) is 13.2. The molecular weight excluding hydrogens is 528 g/mol. The van der Waals surface area contributed by atoms with E-state index in [-0.39, 0.29) is 37.3 Å². The maximum Gasteiger partial charge on any atom is 0.407 e. The quantitative estimate of drug-likeness (QED) is 0.0416. The van der Waals surface area contributed by atoms with Gasteiger partial charge in [-0.1, -0.05) is 65.7 Å². The monoisotopic (exact) mass is 568 g/mol. The van der Waals surface area contributed by atoms with Crippen LogP contribution in [0.3, 0.4) is 0 Å². The predicted octanol–water partition coefficient (Wildman–Crippen LogP) is 4.21. The predicted molar refractivity (Wildman–Crippen MR) is 152 cm³/mol. The lowest BCUT2D eigenvalue weighted by Crippen LogP contribution is -2.53. The van der Waals surface area contributed by atoms with Crippen LogP contribution >= 0.6 is 0 Å². The van der Waals surface area contributed by atoms with Crippen molar-refractivity contribution in [1.29, 1.82) is 0 Å². The second-order valence-corrected chi connectivity index (χ2v) is 10.2. The summed E-state index contributed by atoms with van der Waals surface area (Å²) in [5.41, 5.74) is 12.7. The Morgan fingerprint density at radius 3 is 2.73 bits per heavy atom. The number of ether oxygens (including phenoxy) is 2. The fourth-order valence-corrected chi connectivity index (χ4v) is 5.51. The highest BCUT2D eigenvalue weighted by Gasteiger charge is 2.47. The van der Waals surface area contributed by atoms with Gasteiger partial charge in [0.25, 0.3) is 0 Å². The smallest absolute Gasteiger partial charge is 0.407 e. The van der Waals surface area contributed by atoms with Crippen LogP contribution in [-0.4, -0.2) is 73.0 Å². The highest BCUT2D eigenvalue weighted by atomic mass is 16.6. The van der Waals surface area contributed by atoms with E-state index >= 15 is 0 Å². The van der Waals surface area contributed by atoms with Crippen molar-refractivity contribution in [2.24, 2.45) is 11.0 Å². The third-order valence-corrected chi connectivity index (χ3v) is 7.46. The molecule has 0 spiro atoms. The number of fused-ring (bicyclic) bond motifs is 1. The third kappa shape index (κ3) is 9.63. The lowest BCUT2D eigenvalue weighted by Gasteiger charge is -2.37. The van der Waals surface area contributed by atoms with Gasteiger partial charge in [0.05, 0.1) is 13.2 Å². The SMILES string of the molecule is COC(=O)[C@H](Cc1ccccc1)N1CC2=CCCC=C[C@H]2[C@@H]1[C@H](CCN=[N+]=[N-])OC(=O)NCCCCCC(=O)NO. The number of amides is 2. The molecule has 12 nitrogen and oxygen atoms in total. The van der Waals surface area contributed by atoms with Crippen molar-refractivity contribution in [3.8, 4) is 0 Å². The zero-order chi connectivity index (χ0) is 29.5. The van der Waals surface area contributed by atoms with E-state index in [0.29, 0.717) is 38.8 Å². The van der Waals surface area contributed by atoms with E-state index in [1.54, 1.807) is 5.48 Å². The lowest BCUT2D eigenvalue weighted by molar-refractivity contribution is -0.148. The van der Waals surface area contributed by atoms with Crippen molar-refractivity contribution < 1.29 is 29.1 Å². The number of hydroxylamine groups is 1. The Morgan fingerprint density at radius 2 is 2.00 bits per heavy atom. The zero-order valence-electron chi connectivity index (χ0n) is 23.5. The van der Waals surface area contributed by atoms with Crippen molar-refractivity contribution in [2.45, 2.75) is 69.6 Å². The van der Waals surface area contributed by atoms with Crippen LogP contribution in [0.2, 0.25) is 0 Å². The number of carbonyl (C=O) groups is 3. The van der Waals surface area contributed by atoms with Crippen LogP contribution in [0, 0.1) is 5.92 Å². The molecule has 1 aromatic carbocycles. The number of benzene rings is 1. The molecule has 0 saturated carbocycles. The Labute approximate surface area is 240 Å². The van der Waals surface area contributed by atoms with Crippen LogP contribution < -0.4 is 10.8 Å². The van der Waals surface area contributed by atoms with Gasteiger partial charge in [0.2, 0.25) is 5.91 Å². The fourth-order valence-electron chi connectivity index (χ4n) is 5.51. The molecule has 0 unspecified atom stereocenters. The van der Waals surface area contributed by atoms with Crippen molar-refractivity contribution in [3.05, 3.63) is 70.1 Å². The number of nitrogens with one attached hydrogen (secondary N) is 2. The molecule has 222 valence electrons. The molecule has 3 N–H and O–H groups in total. The van der Waals surface area contributed by atoms with E-state index in [2.05, 4.69) is 38.5 Å². The molecule has 0 aromatic heterocycles. The Balaban J connectivity index is 1.81. The van der Waals surface area contributed by atoms with Gasteiger partial charge in [0.15, 0.2) is 0 Å². The van der Waals surface area contributed by atoms with E-state index in [4.69, 9.17) is 20.2 Å². The largest absolute Gasteiger partial charge is 0.468 e. The first kappa shape index (κ1) is 31.7. The van der Waals surface area contributed by atoms with Gasteiger partial charge in [-0.05, 0) is 49.6 Å². The summed E-state index contributed by atoms with van der Waals surface area (Å²) in [4.78, 5) is 42.2. The first-order chi connectivity index (χ1) is 20.0. The highest BCUT2D eigenvalue weighted by Crippen LogP contribution is 2.38. The molecule has 1 heterocycles. The summed E-state index contributed by atoms with van der Waals surface area (Å²) in [6.45, 7) is 1.00. The summed E-state index contributed by atoms with van der Waals surface area (Å²) in [5, 5.41) is 15.1. The molecule has 1 aliphatic heterocycles. The van der Waals surface area contributed by atoms with Gasteiger partial charge >= 0.3 is 12.1 Å². The summed E-state index contributed by atoms with van der Waals surface area (Å²) in [7, 11) is 1.38. The van der Waals surface area contributed by atoms with Crippen molar-refractivity contribution in [1.82, 2.24) is 15.7 Å². The summed E-state index contributed by atoms with van der Waals surface area (Å²) in [5.74, 6) is -0.894. The van der Waals surface area contributed by atoms with E-state index in [1.165, 1.54) is 7.11 Å².